The van der Waals surface area contributed by atoms with Crippen LogP contribution in [0.3, 0.4) is 0 Å². The van der Waals surface area contributed by atoms with Crippen LogP contribution in [0.1, 0.15) is 27.6 Å². The molecule has 0 atom stereocenters. The summed E-state index contributed by atoms with van der Waals surface area (Å²) < 4.78 is 80.3. The number of nitrogens with one attached hydrogen (secondary N) is 2. The summed E-state index contributed by atoms with van der Waals surface area (Å²) in [5.41, 5.74) is -4.09. The zero-order chi connectivity index (χ0) is 22.6. The Bertz CT molecular complexity index is 1270. The molecule has 0 unspecified atom stereocenters. The lowest BCUT2D eigenvalue weighted by Crippen LogP contribution is -2.18. The molecule has 14 heteroatoms. The van der Waals surface area contributed by atoms with Crippen molar-refractivity contribution in [2.24, 2.45) is 0 Å². The number of thiophene rings is 1. The zero-order valence-electron chi connectivity index (χ0n) is 15.3. The molecule has 4 rings (SSSR count). The van der Waals surface area contributed by atoms with Crippen molar-refractivity contribution in [3.05, 3.63) is 52.4 Å². The summed E-state index contributed by atoms with van der Waals surface area (Å²) in [7, 11) is 0. The van der Waals surface area contributed by atoms with Crippen LogP contribution in [0.5, 0.6) is 0 Å². The van der Waals surface area contributed by atoms with E-state index in [1.165, 1.54) is 18.3 Å². The van der Waals surface area contributed by atoms with E-state index in [1.807, 2.05) is 5.32 Å². The third-order valence-corrected chi connectivity index (χ3v) is 5.07. The minimum Gasteiger partial charge on any atom is -0.317 e. The van der Waals surface area contributed by atoms with Crippen LogP contribution >= 0.6 is 11.3 Å². The Morgan fingerprint density at radius 1 is 1.16 bits per heavy atom. The van der Waals surface area contributed by atoms with Crippen LogP contribution in [0.25, 0.3) is 16.2 Å². The van der Waals surface area contributed by atoms with Crippen LogP contribution in [0.15, 0.2) is 29.6 Å². The third kappa shape index (κ3) is 3.85. The molecule has 162 valence electrons. The number of H-pyrrole nitrogens is 1. The highest BCUT2D eigenvalue weighted by atomic mass is 32.1. The van der Waals surface area contributed by atoms with Crippen molar-refractivity contribution in [1.82, 2.24) is 24.8 Å². The van der Waals surface area contributed by atoms with Gasteiger partial charge < -0.3 is 5.32 Å². The largest absolute Gasteiger partial charge is 0.437 e. The van der Waals surface area contributed by atoms with E-state index < -0.39 is 41.0 Å². The fraction of sp³-hybridized carbons (Fsp3) is 0.176. The molecule has 0 spiro atoms. The van der Waals surface area contributed by atoms with Gasteiger partial charge in [0.1, 0.15) is 0 Å². The maximum Gasteiger partial charge on any atom is 0.437 e. The summed E-state index contributed by atoms with van der Waals surface area (Å²) in [6.07, 6.45) is -9.68. The van der Waals surface area contributed by atoms with Crippen LogP contribution in [0.2, 0.25) is 0 Å². The number of hydrogen-bond acceptors (Lipinski definition) is 5. The van der Waals surface area contributed by atoms with Gasteiger partial charge in [-0.25, -0.2) is 9.50 Å². The number of anilines is 1. The van der Waals surface area contributed by atoms with Gasteiger partial charge in [0.05, 0.1) is 22.0 Å². The molecule has 0 aliphatic heterocycles. The lowest BCUT2D eigenvalue weighted by Gasteiger charge is -2.10. The Hall–Kier alpha value is -3.42. The number of aromatic amines is 1. The van der Waals surface area contributed by atoms with Crippen LogP contribution in [0, 0.1) is 6.92 Å². The number of amides is 1. The van der Waals surface area contributed by atoms with Crippen LogP contribution in [-0.4, -0.2) is 30.7 Å². The monoisotopic (exact) mass is 460 g/mol. The molecule has 0 saturated carbocycles. The molecule has 4 aromatic heterocycles. The topological polar surface area (TPSA) is 88.0 Å². The summed E-state index contributed by atoms with van der Waals surface area (Å²) in [5, 5.41) is 12.5. The van der Waals surface area contributed by atoms with Gasteiger partial charge in [0, 0.05) is 6.07 Å². The normalized spacial score (nSPS) is 12.5. The molecule has 31 heavy (non-hydrogen) atoms. The number of aryl methyl sites for hydroxylation is 1. The molecule has 0 aromatic carbocycles. The Morgan fingerprint density at radius 2 is 1.90 bits per heavy atom. The van der Waals surface area contributed by atoms with Gasteiger partial charge in [-0.3, -0.25) is 9.89 Å². The van der Waals surface area contributed by atoms with Crippen molar-refractivity contribution in [1.29, 1.82) is 0 Å². The molecular weight excluding hydrogens is 450 g/mol. The number of rotatable bonds is 3. The molecule has 4 aromatic rings. The van der Waals surface area contributed by atoms with Gasteiger partial charge in [0.2, 0.25) is 0 Å². The minimum absolute atomic E-state index is 0.0201. The molecule has 7 nitrogen and oxygen atoms in total. The molecule has 0 radical (unpaired) electrons. The van der Waals surface area contributed by atoms with Gasteiger partial charge in [0.15, 0.2) is 22.7 Å². The van der Waals surface area contributed by atoms with Crippen molar-refractivity contribution in [2.45, 2.75) is 19.3 Å². The second-order valence-electron chi connectivity index (χ2n) is 6.33. The maximum absolute atomic E-state index is 13.6. The van der Waals surface area contributed by atoms with Crippen molar-refractivity contribution < 1.29 is 31.1 Å². The predicted molar refractivity (Wildman–Crippen MR) is 97.6 cm³/mol. The van der Waals surface area contributed by atoms with E-state index in [4.69, 9.17) is 0 Å². The van der Waals surface area contributed by atoms with Gasteiger partial charge in [0.25, 0.3) is 5.91 Å². The molecular formula is C17H10F6N6OS. The maximum atomic E-state index is 13.6. The highest BCUT2D eigenvalue weighted by Crippen LogP contribution is 2.36. The van der Waals surface area contributed by atoms with Crippen LogP contribution in [0.4, 0.5) is 32.0 Å². The summed E-state index contributed by atoms with van der Waals surface area (Å²) in [6, 6.07) is 4.97. The number of carbonyl (C=O) groups is 1. The highest BCUT2D eigenvalue weighted by molar-refractivity contribution is 7.13. The number of halogens is 6. The first-order chi connectivity index (χ1) is 14.4. The zero-order valence-corrected chi connectivity index (χ0v) is 16.1. The molecule has 2 N–H and O–H groups in total. The predicted octanol–water partition coefficient (Wildman–Crippen LogP) is 4.78. The highest BCUT2D eigenvalue weighted by Gasteiger charge is 2.39. The smallest absolute Gasteiger partial charge is 0.317 e. The van der Waals surface area contributed by atoms with Crippen LogP contribution in [-0.2, 0) is 12.4 Å². The van der Waals surface area contributed by atoms with Gasteiger partial charge >= 0.3 is 12.4 Å². The Balaban J connectivity index is 1.78. The van der Waals surface area contributed by atoms with Gasteiger partial charge in [-0.05, 0) is 24.4 Å². The first-order valence-electron chi connectivity index (χ1n) is 8.40. The summed E-state index contributed by atoms with van der Waals surface area (Å²) in [5.74, 6) is -1.15. The van der Waals surface area contributed by atoms with E-state index in [0.717, 1.165) is 12.1 Å². The average Bonchev–Trinajstić information content (AvgIpc) is 3.39. The molecule has 4 heterocycles. The Morgan fingerprint density at radius 3 is 2.52 bits per heavy atom. The fourth-order valence-electron chi connectivity index (χ4n) is 2.80. The molecule has 0 saturated heterocycles. The van der Waals surface area contributed by atoms with Crippen molar-refractivity contribution in [2.75, 3.05) is 5.32 Å². The first-order valence-corrected chi connectivity index (χ1v) is 9.28. The molecule has 1 amide bonds. The quantitative estimate of drug-likeness (QED) is 0.431. The fourth-order valence-corrected chi connectivity index (χ4v) is 3.49. The number of alkyl halides is 6. The summed E-state index contributed by atoms with van der Waals surface area (Å²) in [6.45, 7) is 1.25. The van der Waals surface area contributed by atoms with E-state index in [-0.39, 0.29) is 17.0 Å². The lowest BCUT2D eigenvalue weighted by molar-refractivity contribution is -0.143. The van der Waals surface area contributed by atoms with Gasteiger partial charge in [-0.1, -0.05) is 6.07 Å². The number of aromatic nitrogens is 5. The number of fused-ring (bicyclic) bond motifs is 1. The summed E-state index contributed by atoms with van der Waals surface area (Å²) in [4.78, 5) is 17.0. The van der Waals surface area contributed by atoms with Gasteiger partial charge in [-0.15, -0.1) is 11.3 Å². The van der Waals surface area contributed by atoms with E-state index in [1.54, 1.807) is 17.5 Å². The standard InChI is InChI=1S/C17H10F6N6OS/c1-7-13(14(27-26-7)17(21,22)23)25-15(30)9-6-12-24-8(10-3-2-4-31-10)5-11(16(18,19)20)29(12)28-9/h2-6H,1H3,(H,25,30)(H,26,27). The van der Waals surface area contributed by atoms with E-state index in [9.17, 15) is 31.1 Å². The van der Waals surface area contributed by atoms with E-state index in [0.29, 0.717) is 9.39 Å². The number of hydrogen-bond donors (Lipinski definition) is 2. The SMILES string of the molecule is Cc1[nH]nc(C(F)(F)F)c1NC(=O)c1cc2nc(-c3cccs3)cc(C(F)(F)F)n2n1. The minimum atomic E-state index is -4.85. The van der Waals surface area contributed by atoms with Gasteiger partial charge in [-0.2, -0.15) is 36.5 Å². The Labute approximate surface area is 172 Å². The third-order valence-electron chi connectivity index (χ3n) is 4.18. The molecule has 0 bridgehead atoms. The number of nitrogens with zero attached hydrogens (tertiary/aromatic N) is 4. The average molecular weight is 460 g/mol. The Kier molecular flexibility index (Phi) is 4.76. The van der Waals surface area contributed by atoms with Crippen molar-refractivity contribution in [3.63, 3.8) is 0 Å². The first kappa shape index (κ1) is 20.8. The molecule has 0 aliphatic rings. The lowest BCUT2D eigenvalue weighted by atomic mass is 10.2. The van der Waals surface area contributed by atoms with Crippen molar-refractivity contribution >= 4 is 28.6 Å². The second kappa shape index (κ2) is 7.08. The van der Waals surface area contributed by atoms with E-state index in [2.05, 4.69) is 20.3 Å². The second-order valence-corrected chi connectivity index (χ2v) is 7.27. The molecule has 0 fully saturated rings. The van der Waals surface area contributed by atoms with Crippen LogP contribution < -0.4 is 5.32 Å². The summed E-state index contributed by atoms with van der Waals surface area (Å²) >= 11 is 1.17. The molecule has 0 aliphatic carbocycles. The number of carbonyl (C=O) groups excluding carboxylic acids is 1. The van der Waals surface area contributed by atoms with Crippen molar-refractivity contribution in [3.8, 4) is 10.6 Å². The van der Waals surface area contributed by atoms with E-state index >= 15 is 0 Å².